The smallest absolute Gasteiger partial charge is 0.186 e. The second-order valence-electron chi connectivity index (χ2n) is 4.90. The molecule has 1 saturated heterocycles. The lowest BCUT2D eigenvalue weighted by molar-refractivity contribution is -0.114. The molecule has 0 bridgehead atoms. The van der Waals surface area contributed by atoms with Gasteiger partial charge in [-0.3, -0.25) is 10.2 Å². The van der Waals surface area contributed by atoms with E-state index in [-0.39, 0.29) is 5.78 Å². The Bertz CT molecular complexity index is 798. The zero-order chi connectivity index (χ0) is 16.4. The summed E-state index contributed by atoms with van der Waals surface area (Å²) in [5, 5.41) is 18.1. The average Bonchev–Trinajstić information content (AvgIpc) is 3.13. The van der Waals surface area contributed by atoms with E-state index in [1.54, 1.807) is 13.2 Å². The Hall–Kier alpha value is -1.99. The summed E-state index contributed by atoms with van der Waals surface area (Å²) < 4.78 is 5.31. The molecule has 23 heavy (non-hydrogen) atoms. The first-order chi connectivity index (χ1) is 11.1. The minimum atomic E-state index is -0.612. The third-order valence-electron chi connectivity index (χ3n) is 3.44. The van der Waals surface area contributed by atoms with Crippen LogP contribution < -0.4 is 4.74 Å². The van der Waals surface area contributed by atoms with Gasteiger partial charge in [0, 0.05) is 5.56 Å². The highest BCUT2D eigenvalue weighted by Crippen LogP contribution is 2.42. The highest BCUT2D eigenvalue weighted by molar-refractivity contribution is 8.19. The minimum absolute atomic E-state index is 0.0929. The number of nitrogens with zero attached hydrogens (tertiary/aromatic N) is 2. The van der Waals surface area contributed by atoms with Crippen LogP contribution in [0.15, 0.2) is 29.2 Å². The van der Waals surface area contributed by atoms with E-state index in [0.717, 1.165) is 17.0 Å². The number of para-hydroxylation sites is 1. The molecule has 1 atom stereocenters. The molecule has 0 spiro atoms. The molecule has 1 aliphatic rings. The lowest BCUT2D eigenvalue weighted by Crippen LogP contribution is -2.11. The zero-order valence-electron chi connectivity index (χ0n) is 12.7. The number of Topliss-reactive ketones (excluding diaryl/α,β-unsaturated/α-hetero) is 1. The van der Waals surface area contributed by atoms with Gasteiger partial charge in [0.1, 0.15) is 21.7 Å². The molecule has 0 amide bonds. The number of rotatable bonds is 4. The maximum atomic E-state index is 12.7. The molecule has 1 N–H and O–H groups in total. The Labute approximate surface area is 142 Å². The maximum absolute atomic E-state index is 12.7. The topological polar surface area (TPSA) is 75.9 Å². The van der Waals surface area contributed by atoms with E-state index in [2.05, 4.69) is 10.2 Å². The Morgan fingerprint density at radius 3 is 2.83 bits per heavy atom. The summed E-state index contributed by atoms with van der Waals surface area (Å²) in [5.74, 6) is -0.00367. The molecule has 1 aromatic heterocycles. The summed E-state index contributed by atoms with van der Waals surface area (Å²) in [4.78, 5) is 13.2. The lowest BCUT2D eigenvalue weighted by atomic mass is 10.0. The standard InChI is InChI=1S/C16H15N3O2S2/c1-3-12-18-19-16(23-12)13-14(20)11(22-15(13)17)8-9-6-4-5-7-10(9)21-2/h4-8,13,17H,3H2,1-2H3. The van der Waals surface area contributed by atoms with Gasteiger partial charge in [-0.15, -0.1) is 21.5 Å². The number of carbonyl (C=O) groups is 1. The fourth-order valence-corrected chi connectivity index (χ4v) is 4.21. The summed E-state index contributed by atoms with van der Waals surface area (Å²) in [7, 11) is 1.60. The van der Waals surface area contributed by atoms with Crippen LogP contribution in [0.25, 0.3) is 6.08 Å². The largest absolute Gasteiger partial charge is 0.496 e. The fourth-order valence-electron chi connectivity index (χ4n) is 2.27. The lowest BCUT2D eigenvalue weighted by Gasteiger charge is -2.04. The van der Waals surface area contributed by atoms with Crippen molar-refractivity contribution >= 4 is 40.0 Å². The van der Waals surface area contributed by atoms with E-state index in [4.69, 9.17) is 10.1 Å². The van der Waals surface area contributed by atoms with Gasteiger partial charge in [0.05, 0.1) is 17.1 Å². The van der Waals surface area contributed by atoms with Crippen LogP contribution in [0, 0.1) is 5.41 Å². The van der Waals surface area contributed by atoms with Crippen molar-refractivity contribution in [3.8, 4) is 5.75 Å². The van der Waals surface area contributed by atoms with Gasteiger partial charge in [0.25, 0.3) is 0 Å². The first-order valence-corrected chi connectivity index (χ1v) is 8.74. The molecule has 3 rings (SSSR count). The van der Waals surface area contributed by atoms with Crippen LogP contribution >= 0.6 is 23.1 Å². The number of ketones is 1. The second-order valence-corrected chi connectivity index (χ2v) is 7.08. The molecule has 0 radical (unpaired) electrons. The number of benzene rings is 1. The van der Waals surface area contributed by atoms with Crippen LogP contribution in [0.5, 0.6) is 5.75 Å². The number of thioether (sulfide) groups is 1. The summed E-state index contributed by atoms with van der Waals surface area (Å²) in [6.45, 7) is 1.99. The number of carbonyl (C=O) groups excluding carboxylic acids is 1. The van der Waals surface area contributed by atoms with Crippen LogP contribution in [-0.4, -0.2) is 28.1 Å². The van der Waals surface area contributed by atoms with Gasteiger partial charge in [-0.05, 0) is 18.6 Å². The number of aryl methyl sites for hydroxylation is 1. The highest BCUT2D eigenvalue weighted by atomic mass is 32.2. The molecule has 2 heterocycles. The van der Waals surface area contributed by atoms with Crippen molar-refractivity contribution in [2.45, 2.75) is 19.3 Å². The van der Waals surface area contributed by atoms with E-state index in [0.29, 0.717) is 20.7 Å². The van der Waals surface area contributed by atoms with Crippen molar-refractivity contribution < 1.29 is 9.53 Å². The third kappa shape index (κ3) is 3.07. The van der Waals surface area contributed by atoms with Crippen LogP contribution in [-0.2, 0) is 11.2 Å². The van der Waals surface area contributed by atoms with Crippen LogP contribution in [0.1, 0.15) is 28.4 Å². The van der Waals surface area contributed by atoms with Crippen molar-refractivity contribution in [1.82, 2.24) is 10.2 Å². The molecule has 1 aliphatic heterocycles. The van der Waals surface area contributed by atoms with Crippen molar-refractivity contribution in [3.63, 3.8) is 0 Å². The zero-order valence-corrected chi connectivity index (χ0v) is 14.3. The van der Waals surface area contributed by atoms with Gasteiger partial charge in [-0.2, -0.15) is 0 Å². The molecular weight excluding hydrogens is 330 g/mol. The monoisotopic (exact) mass is 345 g/mol. The molecule has 7 heteroatoms. The molecule has 1 unspecified atom stereocenters. The van der Waals surface area contributed by atoms with Gasteiger partial charge in [-0.1, -0.05) is 36.9 Å². The van der Waals surface area contributed by atoms with E-state index in [9.17, 15) is 4.79 Å². The van der Waals surface area contributed by atoms with Gasteiger partial charge in [-0.25, -0.2) is 0 Å². The van der Waals surface area contributed by atoms with E-state index < -0.39 is 5.92 Å². The van der Waals surface area contributed by atoms with Gasteiger partial charge >= 0.3 is 0 Å². The predicted octanol–water partition coefficient (Wildman–Crippen LogP) is 3.53. The Morgan fingerprint density at radius 2 is 2.13 bits per heavy atom. The van der Waals surface area contributed by atoms with E-state index in [1.165, 1.54) is 23.1 Å². The normalized spacial score (nSPS) is 19.6. The maximum Gasteiger partial charge on any atom is 0.186 e. The van der Waals surface area contributed by atoms with Crippen LogP contribution in [0.4, 0.5) is 0 Å². The third-order valence-corrected chi connectivity index (χ3v) is 5.57. The first-order valence-electron chi connectivity index (χ1n) is 7.11. The number of hydrogen-bond donors (Lipinski definition) is 1. The predicted molar refractivity (Wildman–Crippen MR) is 93.3 cm³/mol. The molecular formula is C16H15N3O2S2. The highest BCUT2D eigenvalue weighted by Gasteiger charge is 2.39. The summed E-state index contributed by atoms with van der Waals surface area (Å²) in [5.41, 5.74) is 0.825. The van der Waals surface area contributed by atoms with Crippen molar-refractivity contribution in [2.24, 2.45) is 0 Å². The SMILES string of the molecule is CCc1nnc(C2C(=N)SC(=Cc3ccccc3OC)C2=O)s1. The Balaban J connectivity index is 1.93. The van der Waals surface area contributed by atoms with Gasteiger partial charge in [0.15, 0.2) is 5.78 Å². The van der Waals surface area contributed by atoms with E-state index >= 15 is 0 Å². The number of methoxy groups -OCH3 is 1. The summed E-state index contributed by atoms with van der Waals surface area (Å²) >= 11 is 2.59. The summed E-state index contributed by atoms with van der Waals surface area (Å²) in [6.07, 6.45) is 2.56. The summed E-state index contributed by atoms with van der Waals surface area (Å²) in [6, 6.07) is 7.50. The second kappa shape index (κ2) is 6.64. The number of aromatic nitrogens is 2. The Morgan fingerprint density at radius 1 is 1.35 bits per heavy atom. The fraction of sp³-hybridized carbons (Fsp3) is 0.250. The first kappa shape index (κ1) is 15.9. The molecule has 0 aliphatic carbocycles. The van der Waals surface area contributed by atoms with Crippen molar-refractivity contribution in [3.05, 3.63) is 44.7 Å². The number of allylic oxidation sites excluding steroid dienone is 1. The minimum Gasteiger partial charge on any atom is -0.496 e. The molecule has 2 aromatic rings. The molecule has 1 aromatic carbocycles. The van der Waals surface area contributed by atoms with Crippen LogP contribution in [0.2, 0.25) is 0 Å². The molecule has 1 fully saturated rings. The molecule has 118 valence electrons. The molecule has 5 nitrogen and oxygen atoms in total. The van der Waals surface area contributed by atoms with Crippen molar-refractivity contribution in [1.29, 1.82) is 5.41 Å². The van der Waals surface area contributed by atoms with Crippen molar-refractivity contribution in [2.75, 3.05) is 7.11 Å². The quantitative estimate of drug-likeness (QED) is 0.858. The Kier molecular flexibility index (Phi) is 4.58. The molecule has 0 saturated carbocycles. The van der Waals surface area contributed by atoms with Gasteiger partial charge in [0.2, 0.25) is 0 Å². The van der Waals surface area contributed by atoms with E-state index in [1.807, 2.05) is 31.2 Å². The number of nitrogens with one attached hydrogen (secondary N) is 1. The number of hydrogen-bond acceptors (Lipinski definition) is 7. The van der Waals surface area contributed by atoms with Crippen LogP contribution in [0.3, 0.4) is 0 Å². The van der Waals surface area contributed by atoms with Gasteiger partial charge < -0.3 is 4.74 Å². The number of ether oxygens (including phenoxy) is 1. The average molecular weight is 345 g/mol.